The van der Waals surface area contributed by atoms with Gasteiger partial charge in [-0.25, -0.2) is 4.98 Å². The molecule has 18 heavy (non-hydrogen) atoms. The lowest BCUT2D eigenvalue weighted by atomic mass is 10.1. The molecule has 2 rings (SSSR count). The molecule has 0 amide bonds. The number of pyridine rings is 1. The highest BCUT2D eigenvalue weighted by atomic mass is 79.9. The molecular formula is C13H11Br2ClN2. The van der Waals surface area contributed by atoms with E-state index in [0.29, 0.717) is 5.15 Å². The third-order valence-electron chi connectivity index (χ3n) is 2.55. The van der Waals surface area contributed by atoms with E-state index in [1.807, 2.05) is 24.3 Å². The highest BCUT2D eigenvalue weighted by Gasteiger charge is 2.11. The van der Waals surface area contributed by atoms with Crippen molar-refractivity contribution in [2.75, 3.05) is 5.32 Å². The van der Waals surface area contributed by atoms with Crippen LogP contribution < -0.4 is 5.32 Å². The van der Waals surface area contributed by atoms with Crippen molar-refractivity contribution in [2.45, 2.75) is 13.0 Å². The first-order valence-electron chi connectivity index (χ1n) is 5.40. The van der Waals surface area contributed by atoms with E-state index in [0.717, 1.165) is 14.6 Å². The number of halogens is 3. The van der Waals surface area contributed by atoms with Crippen LogP contribution in [0.1, 0.15) is 18.5 Å². The maximum absolute atomic E-state index is 6.06. The molecule has 0 aliphatic heterocycles. The van der Waals surface area contributed by atoms with E-state index in [2.05, 4.69) is 55.2 Å². The second kappa shape index (κ2) is 6.04. The predicted molar refractivity (Wildman–Crippen MR) is 83.1 cm³/mol. The Morgan fingerprint density at radius 3 is 2.72 bits per heavy atom. The topological polar surface area (TPSA) is 24.9 Å². The smallest absolute Gasteiger partial charge is 0.152 e. The van der Waals surface area contributed by atoms with Crippen molar-refractivity contribution in [1.82, 2.24) is 4.98 Å². The molecule has 1 unspecified atom stereocenters. The molecule has 2 nitrogen and oxygen atoms in total. The summed E-state index contributed by atoms with van der Waals surface area (Å²) in [6, 6.07) is 10.2. The van der Waals surface area contributed by atoms with Crippen LogP contribution in [0.5, 0.6) is 0 Å². The predicted octanol–water partition coefficient (Wildman–Crippen LogP) is 5.43. The van der Waals surface area contributed by atoms with Crippen LogP contribution in [-0.2, 0) is 0 Å². The van der Waals surface area contributed by atoms with Crippen molar-refractivity contribution in [3.8, 4) is 0 Å². The van der Waals surface area contributed by atoms with Crippen molar-refractivity contribution >= 4 is 49.1 Å². The standard InChI is InChI=1S/C13H11Br2ClN2/c1-8(10-4-2-3-5-11(10)15)18-12-6-9(14)7-17-13(12)16/h2-8,18H,1H3. The van der Waals surface area contributed by atoms with Crippen LogP contribution in [0.2, 0.25) is 5.15 Å². The van der Waals surface area contributed by atoms with Gasteiger partial charge in [-0.15, -0.1) is 0 Å². The van der Waals surface area contributed by atoms with E-state index in [1.165, 1.54) is 5.56 Å². The van der Waals surface area contributed by atoms with Gasteiger partial charge in [0.05, 0.1) is 5.69 Å². The van der Waals surface area contributed by atoms with E-state index in [9.17, 15) is 0 Å². The fourth-order valence-electron chi connectivity index (χ4n) is 1.66. The molecule has 1 aromatic heterocycles. The Hall–Kier alpha value is -0.580. The van der Waals surface area contributed by atoms with Crippen LogP contribution in [0.4, 0.5) is 5.69 Å². The first-order valence-corrected chi connectivity index (χ1v) is 7.36. The molecule has 0 bridgehead atoms. The molecule has 1 heterocycles. The van der Waals surface area contributed by atoms with Gasteiger partial charge in [0, 0.05) is 21.2 Å². The van der Waals surface area contributed by atoms with Gasteiger partial charge in [-0.3, -0.25) is 0 Å². The Morgan fingerprint density at radius 2 is 2.00 bits per heavy atom. The van der Waals surface area contributed by atoms with E-state index in [-0.39, 0.29) is 6.04 Å². The quantitative estimate of drug-likeness (QED) is 0.707. The summed E-state index contributed by atoms with van der Waals surface area (Å²) in [5.74, 6) is 0. The fraction of sp³-hybridized carbons (Fsp3) is 0.154. The second-order valence-electron chi connectivity index (χ2n) is 3.88. The SMILES string of the molecule is CC(Nc1cc(Br)cnc1Cl)c1ccccc1Br. The largest absolute Gasteiger partial charge is 0.376 e. The highest BCUT2D eigenvalue weighted by Crippen LogP contribution is 2.29. The zero-order valence-corrected chi connectivity index (χ0v) is 13.6. The van der Waals surface area contributed by atoms with Crippen LogP contribution in [-0.4, -0.2) is 4.98 Å². The van der Waals surface area contributed by atoms with Gasteiger partial charge >= 0.3 is 0 Å². The van der Waals surface area contributed by atoms with Gasteiger partial charge < -0.3 is 5.32 Å². The third-order valence-corrected chi connectivity index (χ3v) is 4.01. The molecule has 2 aromatic rings. The molecule has 0 spiro atoms. The average Bonchev–Trinajstić information content (AvgIpc) is 2.34. The van der Waals surface area contributed by atoms with Crippen LogP contribution in [0.15, 0.2) is 45.5 Å². The van der Waals surface area contributed by atoms with Gasteiger partial charge in [-0.2, -0.15) is 0 Å². The number of benzene rings is 1. The highest BCUT2D eigenvalue weighted by molar-refractivity contribution is 9.10. The minimum Gasteiger partial charge on any atom is -0.376 e. The summed E-state index contributed by atoms with van der Waals surface area (Å²) in [5, 5.41) is 3.82. The van der Waals surface area contributed by atoms with Gasteiger partial charge in [0.15, 0.2) is 5.15 Å². The van der Waals surface area contributed by atoms with Crippen molar-refractivity contribution in [1.29, 1.82) is 0 Å². The normalized spacial score (nSPS) is 12.2. The molecule has 94 valence electrons. The van der Waals surface area contributed by atoms with Crippen molar-refractivity contribution in [2.24, 2.45) is 0 Å². The van der Waals surface area contributed by atoms with E-state index in [1.54, 1.807) is 6.20 Å². The van der Waals surface area contributed by atoms with Crippen molar-refractivity contribution < 1.29 is 0 Å². The van der Waals surface area contributed by atoms with Crippen molar-refractivity contribution in [3.05, 3.63) is 56.2 Å². The number of hydrogen-bond acceptors (Lipinski definition) is 2. The molecule has 1 N–H and O–H groups in total. The zero-order valence-electron chi connectivity index (χ0n) is 9.62. The maximum Gasteiger partial charge on any atom is 0.152 e. The first-order chi connectivity index (χ1) is 8.58. The number of nitrogens with one attached hydrogen (secondary N) is 1. The van der Waals surface area contributed by atoms with E-state index < -0.39 is 0 Å². The molecule has 0 saturated heterocycles. The number of aromatic nitrogens is 1. The Kier molecular flexibility index (Phi) is 4.65. The van der Waals surface area contributed by atoms with E-state index in [4.69, 9.17) is 11.6 Å². The second-order valence-corrected chi connectivity index (χ2v) is 6.01. The van der Waals surface area contributed by atoms with Gasteiger partial charge in [0.2, 0.25) is 0 Å². The average molecular weight is 391 g/mol. The molecule has 0 aliphatic carbocycles. The Morgan fingerprint density at radius 1 is 1.28 bits per heavy atom. The summed E-state index contributed by atoms with van der Waals surface area (Å²) in [6.07, 6.45) is 1.68. The maximum atomic E-state index is 6.06. The lowest BCUT2D eigenvalue weighted by Gasteiger charge is -2.17. The molecule has 0 fully saturated rings. The minimum absolute atomic E-state index is 0.133. The Balaban J connectivity index is 2.24. The van der Waals surface area contributed by atoms with Gasteiger partial charge in [-0.05, 0) is 40.5 Å². The summed E-state index contributed by atoms with van der Waals surface area (Å²) >= 11 is 13.0. The molecular weight excluding hydrogens is 379 g/mol. The first kappa shape index (κ1) is 13.8. The summed E-state index contributed by atoms with van der Waals surface area (Å²) in [7, 11) is 0. The van der Waals surface area contributed by atoms with Gasteiger partial charge in [-0.1, -0.05) is 45.7 Å². The van der Waals surface area contributed by atoms with Crippen molar-refractivity contribution in [3.63, 3.8) is 0 Å². The third kappa shape index (κ3) is 3.25. The fourth-order valence-corrected chi connectivity index (χ4v) is 2.78. The summed E-state index contributed by atoms with van der Waals surface area (Å²) in [4.78, 5) is 4.09. The molecule has 0 aliphatic rings. The molecule has 5 heteroatoms. The number of hydrogen-bond donors (Lipinski definition) is 1. The molecule has 1 aromatic carbocycles. The molecule has 1 atom stereocenters. The van der Waals surface area contributed by atoms with Gasteiger partial charge in [0.1, 0.15) is 0 Å². The zero-order chi connectivity index (χ0) is 13.1. The summed E-state index contributed by atoms with van der Waals surface area (Å²) < 4.78 is 1.97. The van der Waals surface area contributed by atoms with Gasteiger partial charge in [0.25, 0.3) is 0 Å². The monoisotopic (exact) mass is 388 g/mol. The summed E-state index contributed by atoms with van der Waals surface area (Å²) in [6.45, 7) is 2.08. The minimum atomic E-state index is 0.133. The lowest BCUT2D eigenvalue weighted by molar-refractivity contribution is 0.877. The number of anilines is 1. The summed E-state index contributed by atoms with van der Waals surface area (Å²) in [5.41, 5.74) is 1.99. The molecule has 0 saturated carbocycles. The number of nitrogens with zero attached hydrogens (tertiary/aromatic N) is 1. The van der Waals surface area contributed by atoms with Crippen LogP contribution >= 0.6 is 43.5 Å². The lowest BCUT2D eigenvalue weighted by Crippen LogP contribution is -2.08. The van der Waals surface area contributed by atoms with Crippen LogP contribution in [0.25, 0.3) is 0 Å². The van der Waals surface area contributed by atoms with Crippen LogP contribution in [0, 0.1) is 0 Å². The van der Waals surface area contributed by atoms with E-state index >= 15 is 0 Å². The number of rotatable bonds is 3. The Bertz CT molecular complexity index is 560. The molecule has 0 radical (unpaired) electrons. The van der Waals surface area contributed by atoms with Crippen LogP contribution in [0.3, 0.4) is 0 Å². The Labute approximate surface area is 128 Å².